The van der Waals surface area contributed by atoms with Crippen molar-refractivity contribution in [2.24, 2.45) is 5.92 Å². The highest BCUT2D eigenvalue weighted by Gasteiger charge is 2.21. The van der Waals surface area contributed by atoms with Gasteiger partial charge < -0.3 is 10.1 Å². The van der Waals surface area contributed by atoms with Crippen LogP contribution in [0.2, 0.25) is 5.02 Å². The molecule has 148 valence electrons. The minimum Gasteiger partial charge on any atom is -0.495 e. The van der Waals surface area contributed by atoms with Crippen LogP contribution in [0.4, 0.5) is 11.4 Å². The summed E-state index contributed by atoms with van der Waals surface area (Å²) < 4.78 is 33.4. The van der Waals surface area contributed by atoms with Gasteiger partial charge >= 0.3 is 0 Å². The Morgan fingerprint density at radius 2 is 1.89 bits per heavy atom. The second kappa shape index (κ2) is 8.67. The van der Waals surface area contributed by atoms with E-state index in [1.54, 1.807) is 30.3 Å². The van der Waals surface area contributed by atoms with Crippen LogP contribution in [0.5, 0.6) is 5.75 Å². The zero-order valence-electron chi connectivity index (χ0n) is 15.3. The Balaban J connectivity index is 1.80. The van der Waals surface area contributed by atoms with Crippen molar-refractivity contribution in [3.63, 3.8) is 0 Å². The Hall–Kier alpha value is -2.51. The Kier molecular flexibility index (Phi) is 6.26. The number of benzene rings is 2. The molecule has 0 saturated heterocycles. The molecule has 1 atom stereocenters. The number of rotatable bonds is 7. The van der Waals surface area contributed by atoms with E-state index in [1.165, 1.54) is 19.2 Å². The normalized spacial score (nSPS) is 16.0. The smallest absolute Gasteiger partial charge is 0.265 e. The summed E-state index contributed by atoms with van der Waals surface area (Å²) in [6.45, 7) is 0. The van der Waals surface area contributed by atoms with Crippen molar-refractivity contribution in [2.45, 2.75) is 24.2 Å². The predicted octanol–water partition coefficient (Wildman–Crippen LogP) is 4.44. The standard InChI is InChI=1S/C20H21ClN2O4S/c1-27-18-11-10-17(22-20(24)12-14-4-2-3-5-14)13-19(18)28(25,26)23-16-8-6-15(21)7-9-16/h2,4,6-11,13-14,23H,3,5,12H2,1H3,(H,22,24)/t14-/m0/s1. The van der Waals surface area contributed by atoms with E-state index in [1.807, 2.05) is 6.08 Å². The van der Waals surface area contributed by atoms with Gasteiger partial charge in [-0.1, -0.05) is 23.8 Å². The van der Waals surface area contributed by atoms with Crippen molar-refractivity contribution in [1.82, 2.24) is 0 Å². The molecule has 0 bridgehead atoms. The third-order valence-electron chi connectivity index (χ3n) is 4.39. The van der Waals surface area contributed by atoms with Crippen LogP contribution in [-0.2, 0) is 14.8 Å². The molecule has 28 heavy (non-hydrogen) atoms. The number of allylic oxidation sites excluding steroid dienone is 2. The number of sulfonamides is 1. The molecule has 3 rings (SSSR count). The fraction of sp³-hybridized carbons (Fsp3) is 0.250. The first-order chi connectivity index (χ1) is 13.4. The zero-order valence-corrected chi connectivity index (χ0v) is 16.9. The van der Waals surface area contributed by atoms with Gasteiger partial charge in [-0.05, 0) is 61.2 Å². The summed E-state index contributed by atoms with van der Waals surface area (Å²) in [4.78, 5) is 12.2. The maximum absolute atomic E-state index is 12.8. The van der Waals surface area contributed by atoms with Crippen LogP contribution in [0.3, 0.4) is 0 Å². The average molecular weight is 421 g/mol. The van der Waals surface area contributed by atoms with E-state index >= 15 is 0 Å². The Bertz CT molecular complexity index is 988. The molecule has 2 N–H and O–H groups in total. The highest BCUT2D eigenvalue weighted by atomic mass is 35.5. The monoisotopic (exact) mass is 420 g/mol. The number of anilines is 2. The van der Waals surface area contributed by atoms with Crippen molar-refractivity contribution in [1.29, 1.82) is 0 Å². The summed E-state index contributed by atoms with van der Waals surface area (Å²) in [5.74, 6) is 0.252. The summed E-state index contributed by atoms with van der Waals surface area (Å²) in [5.41, 5.74) is 0.762. The fourth-order valence-corrected chi connectivity index (χ4v) is 4.39. The second-order valence-corrected chi connectivity index (χ2v) is 8.58. The number of ether oxygens (including phenoxy) is 1. The molecule has 0 radical (unpaired) electrons. The molecule has 0 heterocycles. The Morgan fingerprint density at radius 3 is 2.54 bits per heavy atom. The Morgan fingerprint density at radius 1 is 1.18 bits per heavy atom. The third-order valence-corrected chi connectivity index (χ3v) is 6.05. The third kappa shape index (κ3) is 5.05. The van der Waals surface area contributed by atoms with Gasteiger partial charge in [0.1, 0.15) is 10.6 Å². The van der Waals surface area contributed by atoms with Gasteiger partial charge in [-0.25, -0.2) is 8.42 Å². The van der Waals surface area contributed by atoms with Crippen LogP contribution in [-0.4, -0.2) is 21.4 Å². The molecule has 1 amide bonds. The van der Waals surface area contributed by atoms with Gasteiger partial charge in [-0.2, -0.15) is 0 Å². The van der Waals surface area contributed by atoms with Crippen molar-refractivity contribution in [3.05, 3.63) is 59.6 Å². The molecular weight excluding hydrogens is 400 g/mol. The lowest BCUT2D eigenvalue weighted by molar-refractivity contribution is -0.116. The summed E-state index contributed by atoms with van der Waals surface area (Å²) in [5, 5.41) is 3.27. The first-order valence-corrected chi connectivity index (χ1v) is 10.7. The lowest BCUT2D eigenvalue weighted by atomic mass is 10.1. The quantitative estimate of drug-likeness (QED) is 0.648. The average Bonchev–Trinajstić information content (AvgIpc) is 3.16. The van der Waals surface area contributed by atoms with Gasteiger partial charge in [0.15, 0.2) is 0 Å². The van der Waals surface area contributed by atoms with Gasteiger partial charge in [0.25, 0.3) is 10.0 Å². The topological polar surface area (TPSA) is 84.5 Å². The molecule has 0 unspecified atom stereocenters. The first-order valence-electron chi connectivity index (χ1n) is 8.80. The number of nitrogens with one attached hydrogen (secondary N) is 2. The molecule has 1 aliphatic carbocycles. The number of hydrogen-bond donors (Lipinski definition) is 2. The number of methoxy groups -OCH3 is 1. The van der Waals surface area contributed by atoms with Crippen LogP contribution < -0.4 is 14.8 Å². The molecule has 0 aromatic heterocycles. The van der Waals surface area contributed by atoms with Crippen LogP contribution in [0.15, 0.2) is 59.5 Å². The van der Waals surface area contributed by atoms with Crippen LogP contribution in [0.1, 0.15) is 19.3 Å². The molecule has 0 aliphatic heterocycles. The van der Waals surface area contributed by atoms with E-state index in [-0.39, 0.29) is 22.5 Å². The second-order valence-electron chi connectivity index (χ2n) is 6.50. The zero-order chi connectivity index (χ0) is 20.1. The van der Waals surface area contributed by atoms with Crippen molar-refractivity contribution in [3.8, 4) is 5.75 Å². The number of amides is 1. The van der Waals surface area contributed by atoms with E-state index in [0.29, 0.717) is 22.8 Å². The Labute approximate surface area is 169 Å². The predicted molar refractivity (Wildman–Crippen MR) is 110 cm³/mol. The molecule has 8 heteroatoms. The lowest BCUT2D eigenvalue weighted by Crippen LogP contribution is -2.17. The minimum absolute atomic E-state index is 0.0662. The van der Waals surface area contributed by atoms with Crippen LogP contribution >= 0.6 is 11.6 Å². The van der Waals surface area contributed by atoms with Crippen molar-refractivity contribution >= 4 is 38.9 Å². The fourth-order valence-electron chi connectivity index (χ4n) is 3.01. The summed E-state index contributed by atoms with van der Waals surface area (Å²) in [7, 11) is -2.54. The molecule has 6 nitrogen and oxygen atoms in total. The van der Waals surface area contributed by atoms with Gasteiger partial charge in [-0.15, -0.1) is 0 Å². The van der Waals surface area contributed by atoms with Gasteiger partial charge in [0.05, 0.1) is 7.11 Å². The molecule has 2 aromatic rings. The van der Waals surface area contributed by atoms with E-state index < -0.39 is 10.0 Å². The van der Waals surface area contributed by atoms with E-state index in [9.17, 15) is 13.2 Å². The molecule has 0 saturated carbocycles. The van der Waals surface area contributed by atoms with Gasteiger partial charge in [0.2, 0.25) is 5.91 Å². The maximum Gasteiger partial charge on any atom is 0.265 e. The number of carbonyl (C=O) groups is 1. The highest BCUT2D eigenvalue weighted by molar-refractivity contribution is 7.92. The van der Waals surface area contributed by atoms with E-state index in [2.05, 4.69) is 16.1 Å². The van der Waals surface area contributed by atoms with Crippen LogP contribution in [0, 0.1) is 5.92 Å². The van der Waals surface area contributed by atoms with Crippen molar-refractivity contribution < 1.29 is 17.9 Å². The summed E-state index contributed by atoms with van der Waals surface area (Å²) in [6, 6.07) is 10.8. The summed E-state index contributed by atoms with van der Waals surface area (Å²) in [6.07, 6.45) is 6.42. The molecular formula is C20H21ClN2O4S. The largest absolute Gasteiger partial charge is 0.495 e. The number of hydrogen-bond acceptors (Lipinski definition) is 4. The lowest BCUT2D eigenvalue weighted by Gasteiger charge is -2.14. The van der Waals surface area contributed by atoms with Gasteiger partial charge in [0, 0.05) is 22.8 Å². The van der Waals surface area contributed by atoms with Crippen LogP contribution in [0.25, 0.3) is 0 Å². The highest BCUT2D eigenvalue weighted by Crippen LogP contribution is 2.29. The molecule has 0 fully saturated rings. The SMILES string of the molecule is COc1ccc(NC(=O)C[C@H]2C=CCC2)cc1S(=O)(=O)Nc1ccc(Cl)cc1. The molecule has 0 spiro atoms. The van der Waals surface area contributed by atoms with E-state index in [0.717, 1.165) is 12.8 Å². The van der Waals surface area contributed by atoms with Crippen molar-refractivity contribution in [2.75, 3.05) is 17.1 Å². The number of carbonyl (C=O) groups excluding carboxylic acids is 1. The summed E-state index contributed by atoms with van der Waals surface area (Å²) >= 11 is 5.84. The maximum atomic E-state index is 12.8. The number of halogens is 1. The van der Waals surface area contributed by atoms with Gasteiger partial charge in [-0.3, -0.25) is 9.52 Å². The van der Waals surface area contributed by atoms with E-state index in [4.69, 9.17) is 16.3 Å². The minimum atomic E-state index is -3.93. The molecule has 1 aliphatic rings. The molecule has 2 aromatic carbocycles. The first kappa shape index (κ1) is 20.2.